The molecule has 3 atom stereocenters. The Balaban J connectivity index is 0.000000281. The maximum atomic E-state index is 10.3. The second-order valence-corrected chi connectivity index (χ2v) is 3.47. The highest BCUT2D eigenvalue weighted by atomic mass is 16.1. The van der Waals surface area contributed by atoms with Crippen LogP contribution in [0.4, 0.5) is 0 Å². The summed E-state index contributed by atoms with van der Waals surface area (Å²) in [4.78, 5) is 10.3. The largest absolute Gasteiger partial charge is 0.303 e. The van der Waals surface area contributed by atoms with E-state index < -0.39 is 0 Å². The van der Waals surface area contributed by atoms with Gasteiger partial charge in [-0.3, -0.25) is 0 Å². The van der Waals surface area contributed by atoms with E-state index >= 15 is 0 Å². The van der Waals surface area contributed by atoms with Crippen LogP contribution in [-0.2, 0) is 4.79 Å². The lowest BCUT2D eigenvalue weighted by Gasteiger charge is -2.13. The molecule has 2 rings (SSSR count). The molecule has 1 nitrogen and oxygen atoms in total. The lowest BCUT2D eigenvalue weighted by atomic mass is 9.91. The highest BCUT2D eigenvalue weighted by molar-refractivity contribution is 5.53. The molecular weight excluding hydrogens is 136 g/mol. The fourth-order valence-electron chi connectivity index (χ4n) is 2.01. The number of rotatable bonds is 1. The van der Waals surface area contributed by atoms with Gasteiger partial charge in [0.1, 0.15) is 6.29 Å². The van der Waals surface area contributed by atoms with E-state index in [1.165, 1.54) is 25.7 Å². The number of carbonyl (C=O) groups is 1. The Morgan fingerprint density at radius 2 is 1.82 bits per heavy atom. The van der Waals surface area contributed by atoms with Gasteiger partial charge in [-0.25, -0.2) is 0 Å². The van der Waals surface area contributed by atoms with E-state index in [-0.39, 0.29) is 0 Å². The summed E-state index contributed by atoms with van der Waals surface area (Å²) in [5, 5.41) is 0. The van der Waals surface area contributed by atoms with Gasteiger partial charge in [0.25, 0.3) is 0 Å². The fourth-order valence-corrected chi connectivity index (χ4v) is 2.01. The molecule has 0 aromatic heterocycles. The zero-order chi connectivity index (χ0) is 8.27. The average Bonchev–Trinajstić information content (AvgIpc) is 2.85. The van der Waals surface area contributed by atoms with E-state index in [9.17, 15) is 4.79 Å². The molecule has 2 fully saturated rings. The van der Waals surface area contributed by atoms with Gasteiger partial charge in [-0.2, -0.15) is 0 Å². The van der Waals surface area contributed by atoms with Crippen molar-refractivity contribution in [1.29, 1.82) is 0 Å². The molecule has 0 aliphatic heterocycles. The molecule has 0 aromatic rings. The molecule has 1 heteroatoms. The van der Waals surface area contributed by atoms with Crippen molar-refractivity contribution in [3.8, 4) is 0 Å². The van der Waals surface area contributed by atoms with Gasteiger partial charge < -0.3 is 4.79 Å². The Kier molecular flexibility index (Phi) is 3.10. The minimum absolute atomic E-state index is 0.425. The zero-order valence-corrected chi connectivity index (χ0v) is 7.55. The van der Waals surface area contributed by atoms with Crippen molar-refractivity contribution in [2.45, 2.75) is 39.5 Å². The Labute approximate surface area is 69.2 Å². The van der Waals surface area contributed by atoms with Gasteiger partial charge >= 0.3 is 0 Å². The monoisotopic (exact) mass is 154 g/mol. The van der Waals surface area contributed by atoms with Crippen molar-refractivity contribution < 1.29 is 4.79 Å². The third-order valence-electron chi connectivity index (χ3n) is 2.78. The van der Waals surface area contributed by atoms with Crippen molar-refractivity contribution >= 4 is 6.29 Å². The van der Waals surface area contributed by atoms with Crippen LogP contribution in [0.1, 0.15) is 39.5 Å². The summed E-state index contributed by atoms with van der Waals surface area (Å²) in [6.07, 6.45) is 6.27. The van der Waals surface area contributed by atoms with Gasteiger partial charge in [-0.15, -0.1) is 0 Å². The van der Waals surface area contributed by atoms with E-state index in [1.807, 2.05) is 13.8 Å². The van der Waals surface area contributed by atoms with Gasteiger partial charge in [-0.05, 0) is 37.5 Å². The van der Waals surface area contributed by atoms with E-state index in [2.05, 4.69) is 0 Å². The van der Waals surface area contributed by atoms with Gasteiger partial charge in [-0.1, -0.05) is 13.8 Å². The van der Waals surface area contributed by atoms with Crippen molar-refractivity contribution in [1.82, 2.24) is 0 Å². The van der Waals surface area contributed by atoms with Gasteiger partial charge in [0.2, 0.25) is 0 Å². The normalized spacial score (nSPS) is 39.6. The summed E-state index contributed by atoms with van der Waals surface area (Å²) in [6, 6.07) is 0. The highest BCUT2D eigenvalue weighted by Gasteiger charge is 2.41. The summed E-state index contributed by atoms with van der Waals surface area (Å²) in [5.41, 5.74) is 0. The topological polar surface area (TPSA) is 17.1 Å². The van der Waals surface area contributed by atoms with Crippen molar-refractivity contribution in [2.24, 2.45) is 17.8 Å². The van der Waals surface area contributed by atoms with Crippen LogP contribution in [-0.4, -0.2) is 6.29 Å². The molecule has 0 N–H and O–H groups in total. The van der Waals surface area contributed by atoms with E-state index in [0.717, 1.165) is 18.1 Å². The van der Waals surface area contributed by atoms with E-state index in [4.69, 9.17) is 0 Å². The smallest absolute Gasteiger partial charge is 0.123 e. The first-order valence-electron chi connectivity index (χ1n) is 4.85. The van der Waals surface area contributed by atoms with Crippen molar-refractivity contribution in [2.75, 3.05) is 0 Å². The second-order valence-electron chi connectivity index (χ2n) is 3.47. The SMILES string of the molecule is CC.O=CC1CCC2CC2C1. The van der Waals surface area contributed by atoms with E-state index in [0.29, 0.717) is 5.92 Å². The third-order valence-corrected chi connectivity index (χ3v) is 2.78. The van der Waals surface area contributed by atoms with Crippen LogP contribution >= 0.6 is 0 Å². The lowest BCUT2D eigenvalue weighted by Crippen LogP contribution is -2.08. The van der Waals surface area contributed by atoms with Crippen LogP contribution in [0.2, 0.25) is 0 Å². The predicted molar refractivity (Wildman–Crippen MR) is 46.4 cm³/mol. The first-order valence-corrected chi connectivity index (χ1v) is 4.85. The summed E-state index contributed by atoms with van der Waals surface area (Å²) >= 11 is 0. The summed E-state index contributed by atoms with van der Waals surface area (Å²) in [5.74, 6) is 2.41. The molecule has 0 bridgehead atoms. The molecule has 3 unspecified atom stereocenters. The van der Waals surface area contributed by atoms with Crippen LogP contribution < -0.4 is 0 Å². The summed E-state index contributed by atoms with van der Waals surface area (Å²) in [6.45, 7) is 4.00. The Morgan fingerprint density at radius 3 is 2.36 bits per heavy atom. The number of fused-ring (bicyclic) bond motifs is 1. The predicted octanol–water partition coefficient (Wildman–Crippen LogP) is 2.65. The summed E-state index contributed by atoms with van der Waals surface area (Å²) in [7, 11) is 0. The van der Waals surface area contributed by atoms with Crippen LogP contribution in [0.5, 0.6) is 0 Å². The molecule has 0 spiro atoms. The molecule has 2 saturated carbocycles. The van der Waals surface area contributed by atoms with Crippen molar-refractivity contribution in [3.05, 3.63) is 0 Å². The lowest BCUT2D eigenvalue weighted by molar-refractivity contribution is -0.111. The second kappa shape index (κ2) is 3.89. The average molecular weight is 154 g/mol. The van der Waals surface area contributed by atoms with Crippen molar-refractivity contribution in [3.63, 3.8) is 0 Å². The Bertz CT molecular complexity index is 131. The quantitative estimate of drug-likeness (QED) is 0.531. The molecule has 0 radical (unpaired) electrons. The number of hydrogen-bond donors (Lipinski definition) is 0. The number of carbonyl (C=O) groups excluding carboxylic acids is 1. The van der Waals surface area contributed by atoms with Crippen LogP contribution in [0.3, 0.4) is 0 Å². The molecule has 0 aromatic carbocycles. The van der Waals surface area contributed by atoms with Crippen LogP contribution in [0.25, 0.3) is 0 Å². The summed E-state index contributed by atoms with van der Waals surface area (Å²) < 4.78 is 0. The molecule has 64 valence electrons. The first-order chi connectivity index (χ1) is 5.40. The Hall–Kier alpha value is -0.330. The van der Waals surface area contributed by atoms with Crippen LogP contribution in [0.15, 0.2) is 0 Å². The fraction of sp³-hybridized carbons (Fsp3) is 0.900. The highest BCUT2D eigenvalue weighted by Crippen LogP contribution is 2.50. The zero-order valence-electron chi connectivity index (χ0n) is 7.55. The van der Waals surface area contributed by atoms with Gasteiger partial charge in [0.15, 0.2) is 0 Å². The van der Waals surface area contributed by atoms with Gasteiger partial charge in [0.05, 0.1) is 0 Å². The van der Waals surface area contributed by atoms with E-state index in [1.54, 1.807) is 0 Å². The number of aldehydes is 1. The minimum Gasteiger partial charge on any atom is -0.303 e. The van der Waals surface area contributed by atoms with Crippen LogP contribution in [0, 0.1) is 17.8 Å². The third kappa shape index (κ3) is 2.05. The molecule has 2 aliphatic carbocycles. The maximum Gasteiger partial charge on any atom is 0.123 e. The molecule has 0 heterocycles. The molecule has 0 saturated heterocycles. The first kappa shape index (κ1) is 8.76. The molecule has 2 aliphatic rings. The molecule has 0 amide bonds. The van der Waals surface area contributed by atoms with Gasteiger partial charge in [0, 0.05) is 5.92 Å². The minimum atomic E-state index is 0.425. The Morgan fingerprint density at radius 1 is 1.09 bits per heavy atom. The molecular formula is C10H18O. The molecule has 11 heavy (non-hydrogen) atoms. The maximum absolute atomic E-state index is 10.3. The standard InChI is InChI=1S/C8H12O.C2H6/c9-5-6-1-2-7-4-8(7)3-6;1-2/h5-8H,1-4H2;1-2H3. The number of hydrogen-bond acceptors (Lipinski definition) is 1.